The van der Waals surface area contributed by atoms with Gasteiger partial charge >= 0.3 is 0 Å². The van der Waals surface area contributed by atoms with E-state index in [1.165, 1.54) is 5.56 Å². The summed E-state index contributed by atoms with van der Waals surface area (Å²) in [6, 6.07) is 22.1. The fraction of sp³-hybridized carbons (Fsp3) is 0.233. The normalized spacial score (nSPS) is 11.2. The second-order valence-electron chi connectivity index (χ2n) is 8.69. The second-order valence-corrected chi connectivity index (χ2v) is 8.69. The highest BCUT2D eigenvalue weighted by Crippen LogP contribution is 2.32. The minimum Gasteiger partial charge on any atom is -0.497 e. The molecule has 0 saturated heterocycles. The van der Waals surface area contributed by atoms with Crippen LogP contribution in [0.1, 0.15) is 36.6 Å². The van der Waals surface area contributed by atoms with Crippen molar-refractivity contribution >= 4 is 12.2 Å². The van der Waals surface area contributed by atoms with Gasteiger partial charge in [-0.2, -0.15) is 5.10 Å². The van der Waals surface area contributed by atoms with Gasteiger partial charge < -0.3 is 18.9 Å². The molecule has 0 atom stereocenters. The van der Waals surface area contributed by atoms with Gasteiger partial charge in [-0.1, -0.05) is 32.1 Å². The van der Waals surface area contributed by atoms with Gasteiger partial charge in [0.05, 0.1) is 45.5 Å². The third-order valence-electron chi connectivity index (χ3n) is 6.00. The Kier molecular flexibility index (Phi) is 7.64. The van der Waals surface area contributed by atoms with Crippen LogP contribution in [0.2, 0.25) is 0 Å². The summed E-state index contributed by atoms with van der Waals surface area (Å²) in [4.78, 5) is 0. The van der Waals surface area contributed by atoms with Gasteiger partial charge in [0.15, 0.2) is 0 Å². The SMILES string of the molecule is COc1cc(C=Cc2cc(-c3cc(OC)cc(OC)c3)n(-c3ccc(C(C)C)cc3)n2)cc(OC)c1. The van der Waals surface area contributed by atoms with Crippen LogP contribution < -0.4 is 18.9 Å². The van der Waals surface area contributed by atoms with Crippen LogP contribution in [0.5, 0.6) is 23.0 Å². The number of hydrogen-bond acceptors (Lipinski definition) is 5. The van der Waals surface area contributed by atoms with E-state index in [0.29, 0.717) is 17.4 Å². The van der Waals surface area contributed by atoms with Crippen LogP contribution in [-0.2, 0) is 0 Å². The topological polar surface area (TPSA) is 54.7 Å². The van der Waals surface area contributed by atoms with Crippen LogP contribution in [0.15, 0.2) is 66.7 Å². The van der Waals surface area contributed by atoms with Gasteiger partial charge in [0, 0.05) is 17.7 Å². The largest absolute Gasteiger partial charge is 0.497 e. The van der Waals surface area contributed by atoms with Crippen LogP contribution in [0, 0.1) is 0 Å². The summed E-state index contributed by atoms with van der Waals surface area (Å²) in [6.07, 6.45) is 3.98. The average Bonchev–Trinajstić information content (AvgIpc) is 3.35. The molecule has 0 aliphatic heterocycles. The Hall–Kier alpha value is -4.19. The third kappa shape index (κ3) is 5.54. The van der Waals surface area contributed by atoms with Gasteiger partial charge in [-0.15, -0.1) is 0 Å². The summed E-state index contributed by atoms with van der Waals surface area (Å²) in [5.74, 6) is 3.35. The van der Waals surface area contributed by atoms with E-state index >= 15 is 0 Å². The van der Waals surface area contributed by atoms with Gasteiger partial charge in [-0.05, 0) is 65.6 Å². The van der Waals surface area contributed by atoms with Crippen molar-refractivity contribution in [2.24, 2.45) is 0 Å². The number of methoxy groups -OCH3 is 4. The molecule has 0 amide bonds. The molecule has 1 aromatic heterocycles. The molecule has 0 radical (unpaired) electrons. The summed E-state index contributed by atoms with van der Waals surface area (Å²) in [6.45, 7) is 4.38. The highest BCUT2D eigenvalue weighted by molar-refractivity contribution is 5.74. The van der Waals surface area contributed by atoms with Gasteiger partial charge in [0.1, 0.15) is 23.0 Å². The molecule has 3 aromatic carbocycles. The smallest absolute Gasteiger partial charge is 0.123 e. The number of ether oxygens (including phenoxy) is 4. The minimum absolute atomic E-state index is 0.456. The predicted molar refractivity (Wildman–Crippen MR) is 145 cm³/mol. The van der Waals surface area contributed by atoms with Crippen LogP contribution in [-0.4, -0.2) is 38.2 Å². The molecule has 0 saturated carbocycles. The predicted octanol–water partition coefficient (Wildman–Crippen LogP) is 6.87. The Morgan fingerprint density at radius 1 is 0.667 bits per heavy atom. The van der Waals surface area contributed by atoms with E-state index in [0.717, 1.165) is 39.7 Å². The van der Waals surface area contributed by atoms with Gasteiger partial charge in [0.2, 0.25) is 0 Å². The molecule has 4 aromatic rings. The second kappa shape index (κ2) is 11.0. The minimum atomic E-state index is 0.456. The van der Waals surface area contributed by atoms with E-state index in [4.69, 9.17) is 24.0 Å². The van der Waals surface area contributed by atoms with E-state index in [1.54, 1.807) is 28.4 Å². The standard InChI is InChI=1S/C30H32N2O4/c1-20(2)22-8-11-25(12-9-22)32-30(23-15-28(35-5)19-29(16-23)36-6)17-24(31-32)10-7-21-13-26(33-3)18-27(14-21)34-4/h7-20H,1-6H3. The van der Waals surface area contributed by atoms with Crippen molar-refractivity contribution in [3.63, 3.8) is 0 Å². The number of nitrogens with zero attached hydrogens (tertiary/aromatic N) is 2. The first-order chi connectivity index (χ1) is 17.4. The van der Waals surface area contributed by atoms with Gasteiger partial charge in [-0.3, -0.25) is 0 Å². The highest BCUT2D eigenvalue weighted by Gasteiger charge is 2.14. The van der Waals surface area contributed by atoms with Crippen molar-refractivity contribution in [3.05, 3.63) is 83.6 Å². The molecule has 0 fully saturated rings. The van der Waals surface area contributed by atoms with E-state index in [9.17, 15) is 0 Å². The Labute approximate surface area is 212 Å². The third-order valence-corrected chi connectivity index (χ3v) is 6.00. The first-order valence-electron chi connectivity index (χ1n) is 11.8. The van der Waals surface area contributed by atoms with Crippen LogP contribution >= 0.6 is 0 Å². The van der Waals surface area contributed by atoms with Crippen molar-refractivity contribution in [1.82, 2.24) is 9.78 Å². The molecule has 0 spiro atoms. The number of hydrogen-bond donors (Lipinski definition) is 0. The van der Waals surface area contributed by atoms with E-state index < -0.39 is 0 Å². The Morgan fingerprint density at radius 2 is 1.19 bits per heavy atom. The molecule has 1 heterocycles. The van der Waals surface area contributed by atoms with E-state index in [2.05, 4.69) is 44.2 Å². The summed E-state index contributed by atoms with van der Waals surface area (Å²) in [5, 5.41) is 4.93. The number of rotatable bonds is 9. The summed E-state index contributed by atoms with van der Waals surface area (Å²) >= 11 is 0. The molecule has 0 aliphatic carbocycles. The Bertz CT molecular complexity index is 1310. The first-order valence-corrected chi connectivity index (χ1v) is 11.8. The van der Waals surface area contributed by atoms with Crippen molar-refractivity contribution < 1.29 is 18.9 Å². The summed E-state index contributed by atoms with van der Waals surface area (Å²) < 4.78 is 23.8. The van der Waals surface area contributed by atoms with Crippen molar-refractivity contribution in [2.75, 3.05) is 28.4 Å². The average molecular weight is 485 g/mol. The zero-order chi connectivity index (χ0) is 25.7. The maximum Gasteiger partial charge on any atom is 0.123 e. The lowest BCUT2D eigenvalue weighted by Gasteiger charge is -2.12. The van der Waals surface area contributed by atoms with Crippen LogP contribution in [0.25, 0.3) is 29.1 Å². The molecule has 0 N–H and O–H groups in total. The summed E-state index contributed by atoms with van der Waals surface area (Å²) in [5.41, 5.74) is 5.87. The zero-order valence-electron chi connectivity index (χ0n) is 21.6. The zero-order valence-corrected chi connectivity index (χ0v) is 21.6. The fourth-order valence-electron chi connectivity index (χ4n) is 3.95. The number of benzene rings is 3. The maximum atomic E-state index is 5.51. The lowest BCUT2D eigenvalue weighted by Crippen LogP contribution is -2.00. The molecular formula is C30H32N2O4. The maximum absolute atomic E-state index is 5.51. The van der Waals surface area contributed by atoms with E-state index in [1.807, 2.05) is 53.2 Å². The molecule has 0 bridgehead atoms. The first kappa shape index (κ1) is 24.9. The molecule has 186 valence electrons. The Balaban J connectivity index is 1.80. The van der Waals surface area contributed by atoms with Gasteiger partial charge in [-0.25, -0.2) is 4.68 Å². The highest BCUT2D eigenvalue weighted by atomic mass is 16.5. The summed E-state index contributed by atoms with van der Waals surface area (Å²) in [7, 11) is 6.58. The lowest BCUT2D eigenvalue weighted by molar-refractivity contribution is 0.394. The quantitative estimate of drug-likeness (QED) is 0.260. The van der Waals surface area contributed by atoms with Crippen LogP contribution in [0.4, 0.5) is 0 Å². The molecule has 6 nitrogen and oxygen atoms in total. The molecule has 4 rings (SSSR count). The molecule has 0 unspecified atom stereocenters. The monoisotopic (exact) mass is 484 g/mol. The van der Waals surface area contributed by atoms with Crippen molar-refractivity contribution in [2.45, 2.75) is 19.8 Å². The fourth-order valence-corrected chi connectivity index (χ4v) is 3.95. The molecule has 6 heteroatoms. The Morgan fingerprint density at radius 3 is 1.69 bits per heavy atom. The number of aromatic nitrogens is 2. The van der Waals surface area contributed by atoms with Crippen molar-refractivity contribution in [1.29, 1.82) is 0 Å². The molecular weight excluding hydrogens is 452 g/mol. The lowest BCUT2D eigenvalue weighted by atomic mass is 10.0. The molecule has 0 aliphatic rings. The molecule has 36 heavy (non-hydrogen) atoms. The van der Waals surface area contributed by atoms with Crippen LogP contribution in [0.3, 0.4) is 0 Å². The van der Waals surface area contributed by atoms with E-state index in [-0.39, 0.29) is 0 Å². The van der Waals surface area contributed by atoms with Crippen molar-refractivity contribution in [3.8, 4) is 39.9 Å². The van der Waals surface area contributed by atoms with Gasteiger partial charge in [0.25, 0.3) is 0 Å².